The zero-order valence-electron chi connectivity index (χ0n) is 14.0. The first-order valence-corrected chi connectivity index (χ1v) is 7.97. The molecule has 2 nitrogen and oxygen atoms in total. The Kier molecular flexibility index (Phi) is 14.7. The Morgan fingerprint density at radius 2 is 1.45 bits per heavy atom. The van der Waals surface area contributed by atoms with E-state index in [-0.39, 0.29) is 0 Å². The third kappa shape index (κ3) is 7.29. The van der Waals surface area contributed by atoms with Gasteiger partial charge < -0.3 is 9.55 Å². The number of hydrogen-bond acceptors (Lipinski definition) is 1. The number of benzene rings is 1. The normalized spacial score (nSPS) is 8.15. The smallest absolute Gasteiger partial charge is 0.177 e. The molecule has 1 heterocycles. The highest BCUT2D eigenvalue weighted by atomic mass is 32.1. The van der Waals surface area contributed by atoms with Gasteiger partial charge in [0.15, 0.2) is 4.77 Å². The predicted octanol–water partition coefficient (Wildman–Crippen LogP) is 5.98. The molecule has 3 heteroatoms. The monoisotopic (exact) mass is 294 g/mol. The van der Waals surface area contributed by atoms with Crippen molar-refractivity contribution in [2.45, 2.75) is 55.0 Å². The zero-order valence-corrected chi connectivity index (χ0v) is 14.8. The predicted molar refractivity (Wildman–Crippen MR) is 93.9 cm³/mol. The lowest BCUT2D eigenvalue weighted by molar-refractivity contribution is 0.758. The molecule has 0 radical (unpaired) electrons. The van der Waals surface area contributed by atoms with Crippen LogP contribution in [0.1, 0.15) is 52.8 Å². The van der Waals surface area contributed by atoms with Gasteiger partial charge in [0.1, 0.15) is 0 Å². The van der Waals surface area contributed by atoms with E-state index in [9.17, 15) is 0 Å². The Balaban J connectivity index is 0. The molecule has 0 spiro atoms. The van der Waals surface area contributed by atoms with Crippen molar-refractivity contribution in [1.82, 2.24) is 9.55 Å². The van der Waals surface area contributed by atoms with Crippen LogP contribution in [0.15, 0.2) is 36.5 Å². The minimum Gasteiger partial charge on any atom is -0.337 e. The molecule has 114 valence electrons. The third-order valence-corrected chi connectivity index (χ3v) is 2.60. The minimum absolute atomic E-state index is 0.784. The van der Waals surface area contributed by atoms with Crippen LogP contribution in [-0.2, 0) is 6.54 Å². The van der Waals surface area contributed by atoms with Crippen LogP contribution in [0, 0.1) is 11.7 Å². The molecule has 0 saturated carbocycles. The second kappa shape index (κ2) is 14.1. The van der Waals surface area contributed by atoms with Crippen molar-refractivity contribution in [3.8, 4) is 0 Å². The molecule has 0 saturated heterocycles. The van der Waals surface area contributed by atoms with Crippen molar-refractivity contribution in [3.05, 3.63) is 52.6 Å². The van der Waals surface area contributed by atoms with Crippen LogP contribution < -0.4 is 0 Å². The van der Waals surface area contributed by atoms with Crippen LogP contribution in [0.2, 0.25) is 0 Å². The van der Waals surface area contributed by atoms with Crippen molar-refractivity contribution >= 4 is 12.2 Å². The summed E-state index contributed by atoms with van der Waals surface area (Å²) in [5.74, 6) is 0. The average molecular weight is 295 g/mol. The summed E-state index contributed by atoms with van der Waals surface area (Å²) >= 11 is 5.18. The summed E-state index contributed by atoms with van der Waals surface area (Å²) < 4.78 is 2.87. The van der Waals surface area contributed by atoms with E-state index in [0.717, 1.165) is 11.3 Å². The highest BCUT2D eigenvalue weighted by Crippen LogP contribution is 2.06. The van der Waals surface area contributed by atoms with Gasteiger partial charge in [-0.05, 0) is 24.7 Å². The minimum atomic E-state index is 0.784. The molecule has 0 aliphatic heterocycles. The van der Waals surface area contributed by atoms with E-state index in [1.54, 1.807) is 0 Å². The number of rotatable bonds is 2. The first kappa shape index (κ1) is 21.0. The summed E-state index contributed by atoms with van der Waals surface area (Å²) in [6.45, 7) is 14.9. The maximum Gasteiger partial charge on any atom is 0.177 e. The second-order valence-corrected chi connectivity index (χ2v) is 3.69. The van der Waals surface area contributed by atoms with E-state index < -0.39 is 0 Å². The number of hydrogen-bond donors (Lipinski definition) is 1. The fraction of sp³-hybridized carbons (Fsp3) is 0.471. The fourth-order valence-corrected chi connectivity index (χ4v) is 1.71. The molecule has 2 aromatic rings. The van der Waals surface area contributed by atoms with Gasteiger partial charge in [-0.25, -0.2) is 0 Å². The van der Waals surface area contributed by atoms with Crippen LogP contribution in [-0.4, -0.2) is 9.55 Å². The maximum absolute atomic E-state index is 5.18. The van der Waals surface area contributed by atoms with Crippen molar-refractivity contribution in [1.29, 1.82) is 0 Å². The summed E-state index contributed by atoms with van der Waals surface area (Å²) in [5.41, 5.74) is 2.44. The molecule has 20 heavy (non-hydrogen) atoms. The molecule has 0 aliphatic carbocycles. The van der Waals surface area contributed by atoms with E-state index >= 15 is 0 Å². The molecule has 1 N–H and O–H groups in total. The summed E-state index contributed by atoms with van der Waals surface area (Å²) in [4.78, 5) is 3.03. The zero-order chi connectivity index (χ0) is 16.0. The van der Waals surface area contributed by atoms with Gasteiger partial charge in [0.25, 0.3) is 0 Å². The standard InChI is InChI=1S/C11H12N2S.3C2H6/c1-9-7-12-11(14)13(9)8-10-5-3-2-4-6-10;3*1-2/h2-7H,8H2,1H3,(H,12,14);3*1-2H3. The number of aryl methyl sites for hydroxylation is 1. The average Bonchev–Trinajstić information content (AvgIpc) is 2.86. The lowest BCUT2D eigenvalue weighted by atomic mass is 10.2. The SMILES string of the molecule is CC.CC.CC.Cc1c[nH]c(=S)n1Cc1ccccc1. The van der Waals surface area contributed by atoms with Gasteiger partial charge in [0.05, 0.1) is 6.54 Å². The largest absolute Gasteiger partial charge is 0.337 e. The summed E-state index contributed by atoms with van der Waals surface area (Å²) in [5, 5.41) is 0. The number of imidazole rings is 1. The Morgan fingerprint density at radius 1 is 0.950 bits per heavy atom. The topological polar surface area (TPSA) is 20.7 Å². The Labute approximate surface area is 129 Å². The summed E-state index contributed by atoms with van der Waals surface area (Å²) in [7, 11) is 0. The van der Waals surface area contributed by atoms with Gasteiger partial charge in [-0.15, -0.1) is 0 Å². The number of nitrogens with zero attached hydrogens (tertiary/aromatic N) is 1. The van der Waals surface area contributed by atoms with Crippen molar-refractivity contribution in [3.63, 3.8) is 0 Å². The van der Waals surface area contributed by atoms with Crippen molar-refractivity contribution in [2.24, 2.45) is 0 Å². The summed E-state index contributed by atoms with van der Waals surface area (Å²) in [6.07, 6.45) is 1.94. The number of nitrogens with one attached hydrogen (secondary N) is 1. The van der Waals surface area contributed by atoms with E-state index in [0.29, 0.717) is 0 Å². The molecular formula is C17H30N2S. The highest BCUT2D eigenvalue weighted by Gasteiger charge is 1.99. The molecule has 1 aromatic carbocycles. The van der Waals surface area contributed by atoms with Crippen LogP contribution >= 0.6 is 12.2 Å². The van der Waals surface area contributed by atoms with Crippen LogP contribution in [0.3, 0.4) is 0 Å². The maximum atomic E-state index is 5.18. The van der Waals surface area contributed by atoms with Gasteiger partial charge >= 0.3 is 0 Å². The molecule has 0 fully saturated rings. The van der Waals surface area contributed by atoms with Crippen molar-refractivity contribution in [2.75, 3.05) is 0 Å². The molecule has 0 bridgehead atoms. The first-order valence-electron chi connectivity index (χ1n) is 7.56. The molecule has 1 aromatic heterocycles. The first-order chi connectivity index (χ1) is 9.77. The van der Waals surface area contributed by atoms with E-state index in [4.69, 9.17) is 12.2 Å². The van der Waals surface area contributed by atoms with Crippen LogP contribution in [0.25, 0.3) is 0 Å². The lowest BCUT2D eigenvalue weighted by Gasteiger charge is -2.04. The quantitative estimate of drug-likeness (QED) is 0.675. The van der Waals surface area contributed by atoms with Gasteiger partial charge in [0, 0.05) is 11.9 Å². The Bertz CT molecular complexity index is 469. The molecule has 0 atom stereocenters. The van der Waals surface area contributed by atoms with Gasteiger partial charge in [-0.1, -0.05) is 71.9 Å². The lowest BCUT2D eigenvalue weighted by Crippen LogP contribution is -2.01. The van der Waals surface area contributed by atoms with Crippen LogP contribution in [0.5, 0.6) is 0 Å². The van der Waals surface area contributed by atoms with Gasteiger partial charge in [-0.3, -0.25) is 0 Å². The van der Waals surface area contributed by atoms with Crippen molar-refractivity contribution < 1.29 is 0 Å². The number of H-pyrrole nitrogens is 1. The summed E-state index contributed by atoms with van der Waals surface area (Å²) in [6, 6.07) is 10.3. The number of aromatic nitrogens is 2. The third-order valence-electron chi connectivity index (χ3n) is 2.26. The highest BCUT2D eigenvalue weighted by molar-refractivity contribution is 7.71. The van der Waals surface area contributed by atoms with Gasteiger partial charge in [0.2, 0.25) is 0 Å². The van der Waals surface area contributed by atoms with Crippen LogP contribution in [0.4, 0.5) is 0 Å². The molecule has 0 amide bonds. The Hall–Kier alpha value is -1.35. The van der Waals surface area contributed by atoms with E-state index in [1.807, 2.05) is 65.9 Å². The van der Waals surface area contributed by atoms with Gasteiger partial charge in [-0.2, -0.15) is 0 Å². The molecule has 2 rings (SSSR count). The fourth-order valence-electron chi connectivity index (χ4n) is 1.44. The number of aromatic amines is 1. The molecule has 0 unspecified atom stereocenters. The Morgan fingerprint density at radius 3 is 1.85 bits per heavy atom. The molecule has 0 aliphatic rings. The van der Waals surface area contributed by atoms with E-state index in [1.165, 1.54) is 11.3 Å². The molecular weight excluding hydrogens is 264 g/mol. The second-order valence-electron chi connectivity index (χ2n) is 3.31. The van der Waals surface area contributed by atoms with E-state index in [2.05, 4.69) is 28.6 Å².